The van der Waals surface area contributed by atoms with Gasteiger partial charge in [0.1, 0.15) is 0 Å². The average molecular weight is 431 g/mol. The Labute approximate surface area is 185 Å². The van der Waals surface area contributed by atoms with Crippen LogP contribution >= 0.6 is 0 Å². The van der Waals surface area contributed by atoms with E-state index in [0.717, 1.165) is 51.4 Å². The Bertz CT molecular complexity index is 373. The van der Waals surface area contributed by atoms with Gasteiger partial charge < -0.3 is 20.1 Å². The van der Waals surface area contributed by atoms with Crippen molar-refractivity contribution >= 4 is 5.97 Å². The number of methoxy groups -OCH3 is 1. The fourth-order valence-electron chi connectivity index (χ4n) is 3.87. The maximum atomic E-state index is 11.0. The monoisotopic (exact) mass is 430 g/mol. The standard InChI is InChI=1S/C25H50O5/c1-22(26)17-13-9-8-12-15-19-23(27)18-14-10-6-4-3-5-7-11-16-20-24(28)21-25(29)30-2/h22-24,26-28H,3-21H2,1-2H3. The van der Waals surface area contributed by atoms with E-state index in [4.69, 9.17) is 0 Å². The van der Waals surface area contributed by atoms with Gasteiger partial charge in [-0.05, 0) is 32.6 Å². The molecule has 0 rings (SSSR count). The Kier molecular flexibility index (Phi) is 21.1. The third-order valence-electron chi connectivity index (χ3n) is 5.86. The molecule has 0 heterocycles. The van der Waals surface area contributed by atoms with Gasteiger partial charge in [0, 0.05) is 0 Å². The van der Waals surface area contributed by atoms with Crippen LogP contribution < -0.4 is 0 Å². The molecule has 3 atom stereocenters. The van der Waals surface area contributed by atoms with Gasteiger partial charge in [-0.3, -0.25) is 4.79 Å². The van der Waals surface area contributed by atoms with E-state index in [-0.39, 0.29) is 24.6 Å². The fraction of sp³-hybridized carbons (Fsp3) is 0.960. The minimum absolute atomic E-state index is 0.107. The number of ether oxygens (including phenoxy) is 1. The first-order valence-electron chi connectivity index (χ1n) is 12.6. The minimum Gasteiger partial charge on any atom is -0.469 e. The Balaban J connectivity index is 3.25. The van der Waals surface area contributed by atoms with Gasteiger partial charge in [0.05, 0.1) is 31.8 Å². The maximum Gasteiger partial charge on any atom is 0.308 e. The Morgan fingerprint density at radius 3 is 1.30 bits per heavy atom. The van der Waals surface area contributed by atoms with E-state index in [1.54, 1.807) is 0 Å². The molecule has 0 spiro atoms. The number of aliphatic hydroxyl groups excluding tert-OH is 3. The molecule has 0 saturated carbocycles. The summed E-state index contributed by atoms with van der Waals surface area (Å²) in [5.74, 6) is -0.338. The quantitative estimate of drug-likeness (QED) is 0.152. The number of carbonyl (C=O) groups excluding carboxylic acids is 1. The summed E-state index contributed by atoms with van der Waals surface area (Å²) in [5, 5.41) is 29.0. The molecular weight excluding hydrogens is 380 g/mol. The predicted octanol–water partition coefficient (Wildman–Crippen LogP) is 5.67. The van der Waals surface area contributed by atoms with Crippen LogP contribution in [0.4, 0.5) is 0 Å². The largest absolute Gasteiger partial charge is 0.469 e. The third kappa shape index (κ3) is 22.0. The second kappa shape index (κ2) is 21.6. The van der Waals surface area contributed by atoms with E-state index in [9.17, 15) is 20.1 Å². The Morgan fingerprint density at radius 1 is 0.600 bits per heavy atom. The van der Waals surface area contributed by atoms with Gasteiger partial charge in [0.2, 0.25) is 0 Å². The van der Waals surface area contributed by atoms with Gasteiger partial charge in [0.15, 0.2) is 0 Å². The number of aliphatic hydroxyl groups is 3. The lowest BCUT2D eigenvalue weighted by Gasteiger charge is -2.10. The second-order valence-corrected chi connectivity index (χ2v) is 9.04. The van der Waals surface area contributed by atoms with Gasteiger partial charge in [-0.2, -0.15) is 0 Å². The van der Waals surface area contributed by atoms with Crippen LogP contribution in [-0.4, -0.2) is 46.7 Å². The van der Waals surface area contributed by atoms with Gasteiger partial charge in [-0.25, -0.2) is 0 Å². The van der Waals surface area contributed by atoms with Gasteiger partial charge in [0.25, 0.3) is 0 Å². The van der Waals surface area contributed by atoms with Crippen LogP contribution in [0.25, 0.3) is 0 Å². The van der Waals surface area contributed by atoms with Crippen LogP contribution in [0.3, 0.4) is 0 Å². The van der Waals surface area contributed by atoms with Crippen molar-refractivity contribution in [1.29, 1.82) is 0 Å². The maximum absolute atomic E-state index is 11.0. The molecule has 30 heavy (non-hydrogen) atoms. The molecule has 0 aliphatic carbocycles. The summed E-state index contributed by atoms with van der Waals surface area (Å²) in [5.41, 5.74) is 0. The van der Waals surface area contributed by atoms with Crippen molar-refractivity contribution in [3.63, 3.8) is 0 Å². The molecule has 0 aromatic rings. The second-order valence-electron chi connectivity index (χ2n) is 9.04. The van der Waals surface area contributed by atoms with Crippen molar-refractivity contribution < 1.29 is 24.9 Å². The molecule has 5 heteroatoms. The summed E-state index contributed by atoms with van der Waals surface area (Å²) in [6.07, 6.45) is 19.2. The predicted molar refractivity (Wildman–Crippen MR) is 123 cm³/mol. The SMILES string of the molecule is COC(=O)CC(O)CCCCCCCCCCCC(O)CCCCCCCC(C)O. The number of carbonyl (C=O) groups is 1. The lowest BCUT2D eigenvalue weighted by molar-refractivity contribution is -0.142. The lowest BCUT2D eigenvalue weighted by Crippen LogP contribution is -2.14. The topological polar surface area (TPSA) is 87.0 Å². The van der Waals surface area contributed by atoms with Crippen LogP contribution in [0.15, 0.2) is 0 Å². The molecule has 3 N–H and O–H groups in total. The van der Waals surface area contributed by atoms with Gasteiger partial charge in [-0.15, -0.1) is 0 Å². The van der Waals surface area contributed by atoms with E-state index < -0.39 is 6.10 Å². The molecule has 0 fully saturated rings. The van der Waals surface area contributed by atoms with E-state index >= 15 is 0 Å². The van der Waals surface area contributed by atoms with Crippen LogP contribution in [0.5, 0.6) is 0 Å². The summed E-state index contributed by atoms with van der Waals surface area (Å²) in [4.78, 5) is 11.0. The first kappa shape index (κ1) is 29.4. The highest BCUT2D eigenvalue weighted by Crippen LogP contribution is 2.16. The zero-order chi connectivity index (χ0) is 22.5. The molecule has 0 bridgehead atoms. The summed E-state index contributed by atoms with van der Waals surface area (Å²) < 4.78 is 4.55. The van der Waals surface area contributed by atoms with Crippen LogP contribution in [0.1, 0.15) is 129 Å². The zero-order valence-corrected chi connectivity index (χ0v) is 19.8. The van der Waals surface area contributed by atoms with Gasteiger partial charge in [-0.1, -0.05) is 89.9 Å². The van der Waals surface area contributed by atoms with Gasteiger partial charge >= 0.3 is 5.97 Å². The number of hydrogen-bond donors (Lipinski definition) is 3. The molecule has 5 nitrogen and oxygen atoms in total. The molecule has 3 unspecified atom stereocenters. The third-order valence-corrected chi connectivity index (χ3v) is 5.86. The van der Waals surface area contributed by atoms with Crippen LogP contribution in [-0.2, 0) is 9.53 Å². The average Bonchev–Trinajstić information content (AvgIpc) is 2.70. The Morgan fingerprint density at radius 2 is 0.933 bits per heavy atom. The summed E-state index contributed by atoms with van der Waals surface area (Å²) in [7, 11) is 1.35. The van der Waals surface area contributed by atoms with Crippen LogP contribution in [0, 0.1) is 0 Å². The number of hydrogen-bond acceptors (Lipinski definition) is 5. The van der Waals surface area contributed by atoms with Crippen molar-refractivity contribution in [3.8, 4) is 0 Å². The molecule has 0 radical (unpaired) electrons. The summed E-state index contributed by atoms with van der Waals surface area (Å²) >= 11 is 0. The highest BCUT2D eigenvalue weighted by molar-refractivity contribution is 5.69. The van der Waals surface area contributed by atoms with E-state index in [0.29, 0.717) is 6.42 Å². The summed E-state index contributed by atoms with van der Waals surface area (Å²) in [6.45, 7) is 1.85. The van der Waals surface area contributed by atoms with E-state index in [1.807, 2.05) is 6.92 Å². The van der Waals surface area contributed by atoms with E-state index in [1.165, 1.54) is 64.9 Å². The molecule has 0 amide bonds. The molecule has 180 valence electrons. The van der Waals surface area contributed by atoms with E-state index in [2.05, 4.69) is 4.74 Å². The number of esters is 1. The molecule has 0 aromatic carbocycles. The lowest BCUT2D eigenvalue weighted by atomic mass is 10.0. The number of unbranched alkanes of at least 4 members (excludes halogenated alkanes) is 12. The molecule has 0 saturated heterocycles. The summed E-state index contributed by atoms with van der Waals surface area (Å²) in [6, 6.07) is 0. The molecule has 0 aliphatic heterocycles. The van der Waals surface area contributed by atoms with Crippen molar-refractivity contribution in [2.45, 2.75) is 147 Å². The van der Waals surface area contributed by atoms with Crippen molar-refractivity contribution in [3.05, 3.63) is 0 Å². The molecule has 0 aliphatic rings. The first-order valence-corrected chi connectivity index (χ1v) is 12.6. The smallest absolute Gasteiger partial charge is 0.308 e. The fourth-order valence-corrected chi connectivity index (χ4v) is 3.87. The van der Waals surface area contributed by atoms with Crippen LogP contribution in [0.2, 0.25) is 0 Å². The number of rotatable bonds is 22. The zero-order valence-electron chi connectivity index (χ0n) is 19.8. The highest BCUT2D eigenvalue weighted by Gasteiger charge is 2.10. The van der Waals surface area contributed by atoms with Crippen molar-refractivity contribution in [2.75, 3.05) is 7.11 Å². The minimum atomic E-state index is -0.561. The Hall–Kier alpha value is -0.650. The highest BCUT2D eigenvalue weighted by atomic mass is 16.5. The van der Waals surface area contributed by atoms with Crippen molar-refractivity contribution in [1.82, 2.24) is 0 Å². The normalized spacial score (nSPS) is 14.4. The molecule has 0 aromatic heterocycles. The first-order chi connectivity index (χ1) is 14.5. The molecular formula is C25H50O5. The van der Waals surface area contributed by atoms with Crippen molar-refractivity contribution in [2.24, 2.45) is 0 Å².